The van der Waals surface area contributed by atoms with E-state index in [4.69, 9.17) is 0 Å². The first kappa shape index (κ1) is 17.2. The molecular formula is C16H20FN3O3S. The summed E-state index contributed by atoms with van der Waals surface area (Å²) in [5, 5.41) is 12.3. The summed E-state index contributed by atoms with van der Waals surface area (Å²) in [5.74, 6) is -0.154. The van der Waals surface area contributed by atoms with Gasteiger partial charge in [0.1, 0.15) is 17.4 Å². The fourth-order valence-electron chi connectivity index (χ4n) is 3.08. The second-order valence-electron chi connectivity index (χ2n) is 6.17. The van der Waals surface area contributed by atoms with E-state index < -0.39 is 17.6 Å². The Morgan fingerprint density at radius 3 is 2.50 bits per heavy atom. The van der Waals surface area contributed by atoms with Gasteiger partial charge in [-0.15, -0.1) is 0 Å². The number of amides is 1. The minimum absolute atomic E-state index is 0.121. The molecule has 2 unspecified atom stereocenters. The molecule has 2 heterocycles. The van der Waals surface area contributed by atoms with Crippen molar-refractivity contribution in [3.05, 3.63) is 35.6 Å². The number of hydrogen-bond donors (Lipinski definition) is 4. The van der Waals surface area contributed by atoms with Crippen LogP contribution >= 0.6 is 11.8 Å². The lowest BCUT2D eigenvalue weighted by molar-refractivity contribution is -0.148. The molecule has 0 aliphatic carbocycles. The lowest BCUT2D eigenvalue weighted by atomic mass is 9.91. The molecule has 3 rings (SSSR count). The number of nitrogens with one attached hydrogen (secondary N) is 3. The molecule has 0 aromatic heterocycles. The number of rotatable bonds is 4. The minimum atomic E-state index is -1.17. The molecule has 2 atom stereocenters. The molecule has 1 amide bonds. The lowest BCUT2D eigenvalue weighted by Gasteiger charge is -2.34. The van der Waals surface area contributed by atoms with Gasteiger partial charge in [0.25, 0.3) is 0 Å². The van der Waals surface area contributed by atoms with Gasteiger partial charge in [-0.3, -0.25) is 4.79 Å². The van der Waals surface area contributed by atoms with Crippen molar-refractivity contribution in [1.29, 1.82) is 0 Å². The topological polar surface area (TPSA) is 90.5 Å². The third-order valence-corrected chi connectivity index (χ3v) is 5.60. The fraction of sp³-hybridized carbons (Fsp3) is 0.500. The van der Waals surface area contributed by atoms with Gasteiger partial charge in [0.05, 0.1) is 0 Å². The van der Waals surface area contributed by atoms with E-state index in [1.54, 1.807) is 23.9 Å². The van der Waals surface area contributed by atoms with Gasteiger partial charge in [0.15, 0.2) is 0 Å². The summed E-state index contributed by atoms with van der Waals surface area (Å²) < 4.78 is 13.0. The summed E-state index contributed by atoms with van der Waals surface area (Å²) in [4.78, 5) is 24.2. The van der Waals surface area contributed by atoms with E-state index in [9.17, 15) is 19.1 Å². The molecule has 1 aromatic carbocycles. The zero-order valence-electron chi connectivity index (χ0n) is 13.0. The number of aliphatic carboxylic acids is 1. The number of carboxylic acid groups (broad SMARTS) is 1. The zero-order valence-corrected chi connectivity index (χ0v) is 13.9. The Morgan fingerprint density at radius 2 is 1.88 bits per heavy atom. The van der Waals surface area contributed by atoms with Crippen molar-refractivity contribution in [3.8, 4) is 0 Å². The molecule has 130 valence electrons. The monoisotopic (exact) mass is 353 g/mol. The fourth-order valence-corrected chi connectivity index (χ4v) is 4.27. The summed E-state index contributed by atoms with van der Waals surface area (Å²) >= 11 is 1.70. The van der Waals surface area contributed by atoms with Crippen molar-refractivity contribution < 1.29 is 19.1 Å². The van der Waals surface area contributed by atoms with Crippen LogP contribution in [0.25, 0.3) is 0 Å². The highest BCUT2D eigenvalue weighted by Crippen LogP contribution is 2.28. The molecule has 2 aliphatic rings. The van der Waals surface area contributed by atoms with Gasteiger partial charge >= 0.3 is 5.97 Å². The highest BCUT2D eigenvalue weighted by Gasteiger charge is 2.43. The summed E-state index contributed by atoms with van der Waals surface area (Å²) in [5.41, 5.74) is 5.64. The smallest absolute Gasteiger partial charge is 0.329 e. The third kappa shape index (κ3) is 3.55. The SMILES string of the molecule is O=C(NC1(C(=O)O)CCSCC1)C1CC(c2ccc(F)cc2)NN1. The van der Waals surface area contributed by atoms with Crippen LogP contribution in [0.2, 0.25) is 0 Å². The van der Waals surface area contributed by atoms with Crippen LogP contribution in [0.4, 0.5) is 4.39 Å². The second kappa shape index (κ2) is 7.08. The van der Waals surface area contributed by atoms with E-state index in [0.29, 0.717) is 19.3 Å². The second-order valence-corrected chi connectivity index (χ2v) is 7.39. The Bertz CT molecular complexity index is 619. The molecule has 4 N–H and O–H groups in total. The quantitative estimate of drug-likeness (QED) is 0.650. The van der Waals surface area contributed by atoms with Crippen LogP contribution in [-0.2, 0) is 9.59 Å². The van der Waals surface area contributed by atoms with Crippen molar-refractivity contribution >= 4 is 23.6 Å². The minimum Gasteiger partial charge on any atom is -0.480 e. The molecular weight excluding hydrogens is 333 g/mol. The molecule has 2 saturated heterocycles. The highest BCUT2D eigenvalue weighted by molar-refractivity contribution is 7.99. The van der Waals surface area contributed by atoms with Crippen LogP contribution in [-0.4, -0.2) is 40.1 Å². The Morgan fingerprint density at radius 1 is 1.21 bits per heavy atom. The van der Waals surface area contributed by atoms with E-state index in [0.717, 1.165) is 17.1 Å². The van der Waals surface area contributed by atoms with Crippen LogP contribution in [0.15, 0.2) is 24.3 Å². The van der Waals surface area contributed by atoms with Crippen molar-refractivity contribution in [2.75, 3.05) is 11.5 Å². The molecule has 0 saturated carbocycles. The molecule has 8 heteroatoms. The Balaban J connectivity index is 1.63. The Labute approximate surface area is 143 Å². The molecule has 0 radical (unpaired) electrons. The van der Waals surface area contributed by atoms with Gasteiger partial charge in [0, 0.05) is 6.04 Å². The number of benzene rings is 1. The molecule has 24 heavy (non-hydrogen) atoms. The van der Waals surface area contributed by atoms with Crippen molar-refractivity contribution in [2.45, 2.75) is 36.9 Å². The maximum absolute atomic E-state index is 13.0. The van der Waals surface area contributed by atoms with E-state index >= 15 is 0 Å². The molecule has 2 fully saturated rings. The third-order valence-electron chi connectivity index (χ3n) is 4.61. The van der Waals surface area contributed by atoms with Crippen molar-refractivity contribution in [3.63, 3.8) is 0 Å². The molecule has 6 nitrogen and oxygen atoms in total. The first-order valence-electron chi connectivity index (χ1n) is 7.90. The van der Waals surface area contributed by atoms with Crippen LogP contribution < -0.4 is 16.2 Å². The standard InChI is InChI=1S/C16H20FN3O3S/c17-11-3-1-10(2-4-11)12-9-13(20-19-12)14(21)18-16(15(22)23)5-7-24-8-6-16/h1-4,12-13,19-20H,5-9H2,(H,18,21)(H,22,23). The van der Waals surface area contributed by atoms with Crippen LogP contribution in [0.5, 0.6) is 0 Å². The van der Waals surface area contributed by atoms with Gasteiger partial charge in [-0.25, -0.2) is 20.0 Å². The predicted molar refractivity (Wildman–Crippen MR) is 88.9 cm³/mol. The zero-order chi connectivity index (χ0) is 17.2. The van der Waals surface area contributed by atoms with E-state index in [1.165, 1.54) is 12.1 Å². The van der Waals surface area contributed by atoms with Crippen LogP contribution in [0.3, 0.4) is 0 Å². The molecule has 1 aromatic rings. The number of carboxylic acids is 1. The average Bonchev–Trinajstić information content (AvgIpc) is 3.06. The normalized spacial score (nSPS) is 26.0. The van der Waals surface area contributed by atoms with E-state index in [-0.39, 0.29) is 17.8 Å². The maximum atomic E-state index is 13.0. The number of thioether (sulfide) groups is 1. The van der Waals surface area contributed by atoms with Crippen LogP contribution in [0, 0.1) is 5.82 Å². The van der Waals surface area contributed by atoms with Crippen LogP contribution in [0.1, 0.15) is 30.9 Å². The lowest BCUT2D eigenvalue weighted by Crippen LogP contribution is -2.60. The van der Waals surface area contributed by atoms with Gasteiger partial charge < -0.3 is 10.4 Å². The highest BCUT2D eigenvalue weighted by atomic mass is 32.2. The van der Waals surface area contributed by atoms with Gasteiger partial charge in [-0.2, -0.15) is 11.8 Å². The Hall–Kier alpha value is -1.64. The van der Waals surface area contributed by atoms with Gasteiger partial charge in [-0.05, 0) is 48.5 Å². The average molecular weight is 353 g/mol. The predicted octanol–water partition coefficient (Wildman–Crippen LogP) is 1.20. The number of halogens is 1. The van der Waals surface area contributed by atoms with Crippen molar-refractivity contribution in [2.24, 2.45) is 0 Å². The first-order valence-corrected chi connectivity index (χ1v) is 9.05. The maximum Gasteiger partial charge on any atom is 0.329 e. The largest absolute Gasteiger partial charge is 0.480 e. The molecule has 2 aliphatic heterocycles. The van der Waals surface area contributed by atoms with Gasteiger partial charge in [0.2, 0.25) is 5.91 Å². The molecule has 0 bridgehead atoms. The number of carbonyl (C=O) groups is 2. The summed E-state index contributed by atoms with van der Waals surface area (Å²) in [6, 6.07) is 5.46. The van der Waals surface area contributed by atoms with Crippen molar-refractivity contribution in [1.82, 2.24) is 16.2 Å². The first-order chi connectivity index (χ1) is 11.5. The number of hydrazine groups is 1. The Kier molecular flexibility index (Phi) is 5.07. The van der Waals surface area contributed by atoms with E-state index in [1.807, 2.05) is 0 Å². The summed E-state index contributed by atoms with van der Waals surface area (Å²) in [7, 11) is 0. The summed E-state index contributed by atoms with van der Waals surface area (Å²) in [6.07, 6.45) is 1.34. The number of carbonyl (C=O) groups excluding carboxylic acids is 1. The molecule has 0 spiro atoms. The van der Waals surface area contributed by atoms with E-state index in [2.05, 4.69) is 16.2 Å². The van der Waals surface area contributed by atoms with Gasteiger partial charge in [-0.1, -0.05) is 12.1 Å². The number of hydrogen-bond acceptors (Lipinski definition) is 5. The summed E-state index contributed by atoms with van der Waals surface area (Å²) in [6.45, 7) is 0.